The maximum atomic E-state index is 5.36. The summed E-state index contributed by atoms with van der Waals surface area (Å²) in [4.78, 5) is 8.66. The van der Waals surface area contributed by atoms with Crippen LogP contribution < -0.4 is 20.1 Å². The summed E-state index contributed by atoms with van der Waals surface area (Å²) in [5.41, 5.74) is 5.78. The molecule has 0 atom stereocenters. The van der Waals surface area contributed by atoms with Crippen molar-refractivity contribution in [2.24, 2.45) is 0 Å². The molecule has 28 heavy (non-hydrogen) atoms. The number of rotatable bonds is 7. The molecule has 2 aromatic carbocycles. The summed E-state index contributed by atoms with van der Waals surface area (Å²) in [5, 5.41) is 6.74. The molecule has 3 rings (SSSR count). The predicted octanol–water partition coefficient (Wildman–Crippen LogP) is 4.77. The lowest BCUT2D eigenvalue weighted by molar-refractivity contribution is 0.354. The van der Waals surface area contributed by atoms with Gasteiger partial charge in [-0.3, -0.25) is 0 Å². The van der Waals surface area contributed by atoms with Crippen molar-refractivity contribution in [3.05, 3.63) is 65.0 Å². The Labute approximate surface area is 166 Å². The minimum absolute atomic E-state index is 0.611. The molecular weight excluding hydrogens is 352 g/mol. The molecule has 0 saturated carbocycles. The summed E-state index contributed by atoms with van der Waals surface area (Å²) in [7, 11) is 3.26. The number of nitrogens with one attached hydrogen (secondary N) is 2. The van der Waals surface area contributed by atoms with Crippen LogP contribution in [0.15, 0.2) is 42.7 Å². The fourth-order valence-electron chi connectivity index (χ4n) is 3.21. The second-order valence-electron chi connectivity index (χ2n) is 6.73. The van der Waals surface area contributed by atoms with Crippen LogP contribution in [-0.4, -0.2) is 24.2 Å². The molecule has 0 aliphatic carbocycles. The van der Waals surface area contributed by atoms with Gasteiger partial charge in [-0.15, -0.1) is 0 Å². The van der Waals surface area contributed by atoms with E-state index in [-0.39, 0.29) is 0 Å². The lowest BCUT2D eigenvalue weighted by Crippen LogP contribution is -2.04. The van der Waals surface area contributed by atoms with Crippen molar-refractivity contribution in [3.8, 4) is 11.5 Å². The molecule has 3 aromatic rings. The van der Waals surface area contributed by atoms with Gasteiger partial charge in [0.1, 0.15) is 18.0 Å². The molecule has 0 unspecified atom stereocenters. The van der Waals surface area contributed by atoms with Gasteiger partial charge in [-0.25, -0.2) is 9.97 Å². The van der Waals surface area contributed by atoms with E-state index < -0.39 is 0 Å². The largest absolute Gasteiger partial charge is 0.493 e. The topological polar surface area (TPSA) is 68.3 Å². The van der Waals surface area contributed by atoms with Gasteiger partial charge < -0.3 is 20.1 Å². The first-order chi connectivity index (χ1) is 13.5. The maximum Gasteiger partial charge on any atom is 0.161 e. The average molecular weight is 378 g/mol. The summed E-state index contributed by atoms with van der Waals surface area (Å²) in [6.45, 7) is 6.91. The van der Waals surface area contributed by atoms with Crippen LogP contribution in [0.1, 0.15) is 22.3 Å². The molecule has 0 saturated heterocycles. The van der Waals surface area contributed by atoms with Gasteiger partial charge in [0, 0.05) is 18.3 Å². The number of anilines is 3. The van der Waals surface area contributed by atoms with Crippen LogP contribution in [0.4, 0.5) is 17.3 Å². The van der Waals surface area contributed by atoms with Gasteiger partial charge >= 0.3 is 0 Å². The first-order valence-corrected chi connectivity index (χ1v) is 9.12. The van der Waals surface area contributed by atoms with Gasteiger partial charge in [0.15, 0.2) is 11.5 Å². The molecule has 0 spiro atoms. The minimum Gasteiger partial charge on any atom is -0.493 e. The fraction of sp³-hybridized carbons (Fsp3) is 0.273. The Kier molecular flexibility index (Phi) is 5.99. The maximum absolute atomic E-state index is 5.36. The van der Waals surface area contributed by atoms with E-state index in [0.29, 0.717) is 18.0 Å². The standard InChI is InChI=1S/C22H26N4O2/c1-14-8-15(2)22(16(3)9-14)26-21-11-20(24-13-25-21)23-12-17-6-7-18(27-4)19(10-17)28-5/h6-11,13H,12H2,1-5H3,(H2,23,24,25,26). The van der Waals surface area contributed by atoms with Crippen LogP contribution in [0, 0.1) is 20.8 Å². The highest BCUT2D eigenvalue weighted by Gasteiger charge is 2.07. The van der Waals surface area contributed by atoms with Gasteiger partial charge in [0.05, 0.1) is 14.2 Å². The molecule has 146 valence electrons. The Bertz CT molecular complexity index is 949. The van der Waals surface area contributed by atoms with E-state index in [9.17, 15) is 0 Å². The van der Waals surface area contributed by atoms with Crippen LogP contribution in [0.25, 0.3) is 0 Å². The van der Waals surface area contributed by atoms with Crippen LogP contribution in [0.2, 0.25) is 0 Å². The molecule has 0 aliphatic heterocycles. The Balaban J connectivity index is 1.72. The van der Waals surface area contributed by atoms with Crippen LogP contribution in [0.3, 0.4) is 0 Å². The van der Waals surface area contributed by atoms with Gasteiger partial charge in [0.2, 0.25) is 0 Å². The summed E-state index contributed by atoms with van der Waals surface area (Å²) in [6.07, 6.45) is 1.55. The molecule has 0 radical (unpaired) electrons. The van der Waals surface area contributed by atoms with Crippen molar-refractivity contribution in [1.29, 1.82) is 0 Å². The molecule has 0 aliphatic rings. The van der Waals surface area contributed by atoms with Gasteiger partial charge in [-0.2, -0.15) is 0 Å². The Morgan fingerprint density at radius 1 is 0.821 bits per heavy atom. The van der Waals surface area contributed by atoms with E-state index in [4.69, 9.17) is 9.47 Å². The highest BCUT2D eigenvalue weighted by Crippen LogP contribution is 2.28. The second kappa shape index (κ2) is 8.61. The first kappa shape index (κ1) is 19.5. The van der Waals surface area contributed by atoms with Crippen molar-refractivity contribution < 1.29 is 9.47 Å². The summed E-state index contributed by atoms with van der Waals surface area (Å²) >= 11 is 0. The molecule has 2 N–H and O–H groups in total. The Morgan fingerprint density at radius 3 is 2.18 bits per heavy atom. The van der Waals surface area contributed by atoms with Gasteiger partial charge in [0.25, 0.3) is 0 Å². The third-order valence-electron chi connectivity index (χ3n) is 4.52. The van der Waals surface area contributed by atoms with Crippen molar-refractivity contribution in [2.75, 3.05) is 24.9 Å². The van der Waals surface area contributed by atoms with Crippen LogP contribution >= 0.6 is 0 Å². The molecule has 1 aromatic heterocycles. The molecule has 0 bridgehead atoms. The lowest BCUT2D eigenvalue weighted by Gasteiger charge is -2.14. The average Bonchev–Trinajstić information content (AvgIpc) is 2.69. The summed E-state index contributed by atoms with van der Waals surface area (Å²) < 4.78 is 10.6. The number of aryl methyl sites for hydroxylation is 3. The molecule has 1 heterocycles. The number of nitrogens with zero attached hydrogens (tertiary/aromatic N) is 2. The zero-order valence-electron chi connectivity index (χ0n) is 17.0. The van der Waals surface area contributed by atoms with E-state index >= 15 is 0 Å². The number of ether oxygens (including phenoxy) is 2. The normalized spacial score (nSPS) is 10.5. The minimum atomic E-state index is 0.611. The number of benzene rings is 2. The third-order valence-corrected chi connectivity index (χ3v) is 4.52. The van der Waals surface area contributed by atoms with Crippen molar-refractivity contribution >= 4 is 17.3 Å². The summed E-state index contributed by atoms with van der Waals surface area (Å²) in [5.74, 6) is 2.91. The van der Waals surface area contributed by atoms with E-state index in [0.717, 1.165) is 22.9 Å². The van der Waals surface area contributed by atoms with Crippen LogP contribution in [-0.2, 0) is 6.54 Å². The van der Waals surface area contributed by atoms with Crippen molar-refractivity contribution in [1.82, 2.24) is 9.97 Å². The fourth-order valence-corrected chi connectivity index (χ4v) is 3.21. The lowest BCUT2D eigenvalue weighted by atomic mass is 10.1. The smallest absolute Gasteiger partial charge is 0.161 e. The quantitative estimate of drug-likeness (QED) is 0.617. The highest BCUT2D eigenvalue weighted by atomic mass is 16.5. The predicted molar refractivity (Wildman–Crippen MR) is 113 cm³/mol. The van der Waals surface area contributed by atoms with Gasteiger partial charge in [-0.05, 0) is 49.6 Å². The molecule has 0 fully saturated rings. The van der Waals surface area contributed by atoms with E-state index in [1.807, 2.05) is 24.3 Å². The van der Waals surface area contributed by atoms with Crippen LogP contribution in [0.5, 0.6) is 11.5 Å². The molecule has 6 nitrogen and oxygen atoms in total. The Morgan fingerprint density at radius 2 is 1.50 bits per heavy atom. The van der Waals surface area contributed by atoms with Gasteiger partial charge in [-0.1, -0.05) is 23.8 Å². The van der Waals surface area contributed by atoms with E-state index in [1.165, 1.54) is 16.7 Å². The molecule has 0 amide bonds. The second-order valence-corrected chi connectivity index (χ2v) is 6.73. The van der Waals surface area contributed by atoms with E-state index in [2.05, 4.69) is 53.5 Å². The first-order valence-electron chi connectivity index (χ1n) is 9.12. The monoisotopic (exact) mass is 378 g/mol. The SMILES string of the molecule is COc1ccc(CNc2cc(Nc3c(C)cc(C)cc3C)ncn2)cc1OC. The zero-order valence-corrected chi connectivity index (χ0v) is 17.0. The Hall–Kier alpha value is -3.28. The number of hydrogen-bond donors (Lipinski definition) is 2. The molecular formula is C22H26N4O2. The zero-order chi connectivity index (χ0) is 20.1. The van der Waals surface area contributed by atoms with E-state index in [1.54, 1.807) is 20.5 Å². The number of methoxy groups -OCH3 is 2. The summed E-state index contributed by atoms with van der Waals surface area (Å²) in [6, 6.07) is 12.1. The van der Waals surface area contributed by atoms with Crippen molar-refractivity contribution in [3.63, 3.8) is 0 Å². The third kappa shape index (κ3) is 4.52. The highest BCUT2D eigenvalue weighted by molar-refractivity contribution is 5.66. The van der Waals surface area contributed by atoms with Crippen molar-refractivity contribution in [2.45, 2.75) is 27.3 Å². The number of aromatic nitrogens is 2. The number of hydrogen-bond acceptors (Lipinski definition) is 6. The molecule has 6 heteroatoms.